The Bertz CT molecular complexity index is 457. The van der Waals surface area contributed by atoms with Crippen LogP contribution >= 0.6 is 0 Å². The first-order valence-corrected chi connectivity index (χ1v) is 5.86. The lowest BCUT2D eigenvalue weighted by Gasteiger charge is -2.32. The Morgan fingerprint density at radius 3 is 3.17 bits per heavy atom. The standard InChI is InChI=1S/C11H16N6O/c1-2-9-10(16-13)14-7-15-11(9)17-3-4-18-8(5-12)6-17/h7-8H,2-4,6,13H2,1H3,(H,14,15,16). The molecule has 2 rings (SSSR count). The highest BCUT2D eigenvalue weighted by Crippen LogP contribution is 2.24. The van der Waals surface area contributed by atoms with Crippen LogP contribution < -0.4 is 16.2 Å². The lowest BCUT2D eigenvalue weighted by Crippen LogP contribution is -2.42. The predicted octanol–water partition coefficient (Wildman–Crippen LogP) is 0.0534. The van der Waals surface area contributed by atoms with Crippen molar-refractivity contribution in [2.24, 2.45) is 5.84 Å². The number of nitrogen functional groups attached to an aromatic ring is 1. The summed E-state index contributed by atoms with van der Waals surface area (Å²) in [7, 11) is 0. The second kappa shape index (κ2) is 5.62. The molecule has 7 nitrogen and oxygen atoms in total. The van der Waals surface area contributed by atoms with Crippen molar-refractivity contribution >= 4 is 11.6 Å². The van der Waals surface area contributed by atoms with Crippen molar-refractivity contribution in [1.29, 1.82) is 5.26 Å². The van der Waals surface area contributed by atoms with Gasteiger partial charge in [0.15, 0.2) is 6.10 Å². The van der Waals surface area contributed by atoms with E-state index in [1.807, 2.05) is 11.8 Å². The van der Waals surface area contributed by atoms with Gasteiger partial charge in [0.25, 0.3) is 0 Å². The molecule has 0 amide bonds. The van der Waals surface area contributed by atoms with Crippen LogP contribution in [-0.2, 0) is 11.2 Å². The summed E-state index contributed by atoms with van der Waals surface area (Å²) >= 11 is 0. The van der Waals surface area contributed by atoms with Crippen molar-refractivity contribution in [3.05, 3.63) is 11.9 Å². The molecule has 1 aromatic heterocycles. The molecule has 1 fully saturated rings. The molecule has 0 spiro atoms. The number of nitrogens with one attached hydrogen (secondary N) is 1. The molecule has 0 radical (unpaired) electrons. The summed E-state index contributed by atoms with van der Waals surface area (Å²) in [5.41, 5.74) is 3.53. The number of hydrazine groups is 1. The maximum atomic E-state index is 8.92. The molecule has 1 aliphatic heterocycles. The Morgan fingerprint density at radius 1 is 1.67 bits per heavy atom. The van der Waals surface area contributed by atoms with E-state index < -0.39 is 6.10 Å². The third-order valence-corrected chi connectivity index (χ3v) is 2.92. The Hall–Kier alpha value is -1.91. The molecule has 2 heterocycles. The normalized spacial score (nSPS) is 19.4. The minimum absolute atomic E-state index is 0.410. The van der Waals surface area contributed by atoms with Crippen LogP contribution in [0.15, 0.2) is 6.33 Å². The van der Waals surface area contributed by atoms with E-state index in [2.05, 4.69) is 21.5 Å². The van der Waals surface area contributed by atoms with Crippen molar-refractivity contribution in [2.75, 3.05) is 30.0 Å². The van der Waals surface area contributed by atoms with Crippen LogP contribution in [0.3, 0.4) is 0 Å². The van der Waals surface area contributed by atoms with E-state index >= 15 is 0 Å². The number of rotatable bonds is 3. The maximum Gasteiger partial charge on any atom is 0.161 e. The number of ether oxygens (including phenoxy) is 1. The zero-order chi connectivity index (χ0) is 13.0. The average Bonchev–Trinajstić information content (AvgIpc) is 2.46. The molecule has 1 saturated heterocycles. The molecule has 7 heteroatoms. The molecule has 0 bridgehead atoms. The van der Waals surface area contributed by atoms with Gasteiger partial charge in [-0.05, 0) is 6.42 Å². The van der Waals surface area contributed by atoms with Gasteiger partial charge in [0, 0.05) is 12.1 Å². The molecule has 1 aromatic rings. The van der Waals surface area contributed by atoms with Crippen LogP contribution in [0.5, 0.6) is 0 Å². The van der Waals surface area contributed by atoms with Crippen molar-refractivity contribution < 1.29 is 4.74 Å². The minimum Gasteiger partial charge on any atom is -0.360 e. The number of nitrogens with two attached hydrogens (primary N) is 1. The second-order valence-corrected chi connectivity index (χ2v) is 3.96. The molecule has 18 heavy (non-hydrogen) atoms. The van der Waals surface area contributed by atoms with Crippen LogP contribution in [0.25, 0.3) is 0 Å². The highest BCUT2D eigenvalue weighted by atomic mass is 16.5. The first-order chi connectivity index (χ1) is 8.80. The molecule has 0 saturated carbocycles. The first-order valence-electron chi connectivity index (χ1n) is 5.86. The van der Waals surface area contributed by atoms with Gasteiger partial charge in [-0.15, -0.1) is 0 Å². The van der Waals surface area contributed by atoms with Crippen LogP contribution in [0, 0.1) is 11.3 Å². The predicted molar refractivity (Wildman–Crippen MR) is 66.8 cm³/mol. The topological polar surface area (TPSA) is 100 Å². The highest BCUT2D eigenvalue weighted by Gasteiger charge is 2.23. The van der Waals surface area contributed by atoms with E-state index in [9.17, 15) is 0 Å². The average molecular weight is 248 g/mol. The third-order valence-electron chi connectivity index (χ3n) is 2.92. The molecule has 96 valence electrons. The summed E-state index contributed by atoms with van der Waals surface area (Å²) in [4.78, 5) is 10.4. The quantitative estimate of drug-likeness (QED) is 0.576. The fourth-order valence-electron chi connectivity index (χ4n) is 2.05. The summed E-state index contributed by atoms with van der Waals surface area (Å²) < 4.78 is 5.32. The number of hydrogen-bond acceptors (Lipinski definition) is 7. The fraction of sp³-hybridized carbons (Fsp3) is 0.545. The molecule has 1 unspecified atom stereocenters. The van der Waals surface area contributed by atoms with Gasteiger partial charge >= 0.3 is 0 Å². The molecular weight excluding hydrogens is 232 g/mol. The van der Waals surface area contributed by atoms with Gasteiger partial charge in [0.1, 0.15) is 18.0 Å². The zero-order valence-electron chi connectivity index (χ0n) is 10.3. The second-order valence-electron chi connectivity index (χ2n) is 3.96. The summed E-state index contributed by atoms with van der Waals surface area (Å²) in [5, 5.41) is 8.92. The Kier molecular flexibility index (Phi) is 3.92. The van der Waals surface area contributed by atoms with Crippen molar-refractivity contribution in [3.8, 4) is 6.07 Å². The van der Waals surface area contributed by atoms with Crippen LogP contribution in [0.2, 0.25) is 0 Å². The van der Waals surface area contributed by atoms with Gasteiger partial charge in [-0.1, -0.05) is 6.92 Å². The van der Waals surface area contributed by atoms with Crippen LogP contribution in [0.4, 0.5) is 11.6 Å². The van der Waals surface area contributed by atoms with E-state index in [-0.39, 0.29) is 0 Å². The third kappa shape index (κ3) is 2.34. The Balaban J connectivity index is 2.30. The van der Waals surface area contributed by atoms with Gasteiger partial charge in [0.05, 0.1) is 19.2 Å². The van der Waals surface area contributed by atoms with Crippen LogP contribution in [0.1, 0.15) is 12.5 Å². The lowest BCUT2D eigenvalue weighted by atomic mass is 10.2. The van der Waals surface area contributed by atoms with E-state index in [0.717, 1.165) is 17.8 Å². The summed E-state index contributed by atoms with van der Waals surface area (Å²) in [6.45, 7) is 3.78. The maximum absolute atomic E-state index is 8.92. The molecule has 1 aliphatic rings. The van der Waals surface area contributed by atoms with Gasteiger partial charge in [-0.25, -0.2) is 15.8 Å². The smallest absolute Gasteiger partial charge is 0.161 e. The van der Waals surface area contributed by atoms with E-state index in [1.54, 1.807) is 0 Å². The van der Waals surface area contributed by atoms with E-state index in [4.69, 9.17) is 15.8 Å². The number of aromatic nitrogens is 2. The Morgan fingerprint density at radius 2 is 2.50 bits per heavy atom. The number of hydrogen-bond donors (Lipinski definition) is 2. The summed E-state index contributed by atoms with van der Waals surface area (Å²) in [6, 6.07) is 2.12. The molecule has 0 aliphatic carbocycles. The molecule has 0 aromatic carbocycles. The minimum atomic E-state index is -0.410. The largest absolute Gasteiger partial charge is 0.360 e. The molecular formula is C11H16N6O. The zero-order valence-corrected chi connectivity index (χ0v) is 10.3. The SMILES string of the molecule is CCc1c(NN)ncnc1N1CCOC(C#N)C1. The van der Waals surface area contributed by atoms with Gasteiger partial charge < -0.3 is 15.1 Å². The molecule has 3 N–H and O–H groups in total. The number of morpholine rings is 1. The number of nitrogens with zero attached hydrogens (tertiary/aromatic N) is 4. The Labute approximate surface area is 106 Å². The van der Waals surface area contributed by atoms with Gasteiger partial charge in [0.2, 0.25) is 0 Å². The van der Waals surface area contributed by atoms with E-state index in [1.165, 1.54) is 6.33 Å². The van der Waals surface area contributed by atoms with Crippen LogP contribution in [-0.4, -0.2) is 35.8 Å². The lowest BCUT2D eigenvalue weighted by molar-refractivity contribution is 0.0761. The summed E-state index contributed by atoms with van der Waals surface area (Å²) in [5.74, 6) is 6.89. The first kappa shape index (κ1) is 12.5. The van der Waals surface area contributed by atoms with Gasteiger partial charge in [-0.2, -0.15) is 5.26 Å². The number of anilines is 2. The number of nitriles is 1. The van der Waals surface area contributed by atoms with Crippen molar-refractivity contribution in [3.63, 3.8) is 0 Å². The monoisotopic (exact) mass is 248 g/mol. The van der Waals surface area contributed by atoms with Crippen molar-refractivity contribution in [1.82, 2.24) is 9.97 Å². The van der Waals surface area contributed by atoms with Crippen molar-refractivity contribution in [2.45, 2.75) is 19.4 Å². The fourth-order valence-corrected chi connectivity index (χ4v) is 2.05. The molecule has 1 atom stereocenters. The van der Waals surface area contributed by atoms with Gasteiger partial charge in [-0.3, -0.25) is 0 Å². The highest BCUT2D eigenvalue weighted by molar-refractivity contribution is 5.58. The van der Waals surface area contributed by atoms with E-state index in [0.29, 0.717) is 25.5 Å². The summed E-state index contributed by atoms with van der Waals surface area (Å²) in [6.07, 6.45) is 1.83.